The van der Waals surface area contributed by atoms with E-state index in [0.717, 1.165) is 24.6 Å². The van der Waals surface area contributed by atoms with Gasteiger partial charge >= 0.3 is 0 Å². The van der Waals surface area contributed by atoms with Crippen molar-refractivity contribution >= 4 is 11.7 Å². The molecule has 0 saturated carbocycles. The van der Waals surface area contributed by atoms with Crippen molar-refractivity contribution in [2.75, 3.05) is 5.32 Å². The number of H-pyrrole nitrogens is 1. The third-order valence-electron chi connectivity index (χ3n) is 2.62. The number of hydrogen-bond acceptors (Lipinski definition) is 4. The molecule has 6 heteroatoms. The van der Waals surface area contributed by atoms with Gasteiger partial charge in [-0.25, -0.2) is 0 Å². The monoisotopic (exact) mass is 261 g/mol. The molecule has 6 nitrogen and oxygen atoms in total. The Hall–Kier alpha value is -2.50. The number of phenolic OH excluding ortho intramolecular Hbond substituents is 2. The molecule has 2 aromatic rings. The number of nitrogens with zero attached hydrogens (tertiary/aromatic N) is 1. The number of anilines is 1. The average molecular weight is 261 g/mol. The van der Waals surface area contributed by atoms with Gasteiger partial charge in [0.1, 0.15) is 11.5 Å². The highest BCUT2D eigenvalue weighted by atomic mass is 16.3. The molecule has 0 radical (unpaired) electrons. The summed E-state index contributed by atoms with van der Waals surface area (Å²) in [7, 11) is 0. The van der Waals surface area contributed by atoms with E-state index in [1.165, 1.54) is 12.1 Å². The summed E-state index contributed by atoms with van der Waals surface area (Å²) in [5, 5.41) is 28.1. The van der Waals surface area contributed by atoms with Gasteiger partial charge in [0.25, 0.3) is 5.91 Å². The van der Waals surface area contributed by atoms with Crippen LogP contribution in [-0.2, 0) is 6.42 Å². The minimum atomic E-state index is -0.480. The lowest BCUT2D eigenvalue weighted by Crippen LogP contribution is -2.12. The SMILES string of the molecule is CCCc1cc(NC(=O)c2ccc(O)cc2O)n[nH]1. The molecule has 0 saturated heterocycles. The number of benzene rings is 1. The average Bonchev–Trinajstić information content (AvgIpc) is 2.76. The number of phenols is 2. The summed E-state index contributed by atoms with van der Waals surface area (Å²) in [6.07, 6.45) is 1.83. The fourth-order valence-corrected chi connectivity index (χ4v) is 1.72. The summed E-state index contributed by atoms with van der Waals surface area (Å²) < 4.78 is 0. The molecule has 0 aliphatic rings. The number of amides is 1. The van der Waals surface area contributed by atoms with E-state index in [2.05, 4.69) is 15.5 Å². The van der Waals surface area contributed by atoms with Crippen LogP contribution in [0.5, 0.6) is 11.5 Å². The van der Waals surface area contributed by atoms with Crippen LogP contribution < -0.4 is 5.32 Å². The number of aryl methyl sites for hydroxylation is 1. The maximum atomic E-state index is 11.9. The Kier molecular flexibility index (Phi) is 3.70. The Labute approximate surface area is 110 Å². The smallest absolute Gasteiger partial charge is 0.260 e. The van der Waals surface area contributed by atoms with Gasteiger partial charge in [0, 0.05) is 17.8 Å². The number of carbonyl (C=O) groups is 1. The molecule has 100 valence electrons. The van der Waals surface area contributed by atoms with Crippen LogP contribution in [-0.4, -0.2) is 26.3 Å². The zero-order valence-corrected chi connectivity index (χ0v) is 10.5. The third kappa shape index (κ3) is 3.04. The van der Waals surface area contributed by atoms with Gasteiger partial charge in [0.05, 0.1) is 5.56 Å². The first-order valence-corrected chi connectivity index (χ1v) is 5.97. The van der Waals surface area contributed by atoms with Crippen LogP contribution in [0.4, 0.5) is 5.82 Å². The summed E-state index contributed by atoms with van der Waals surface area (Å²) in [5.74, 6) is -0.450. The second-order valence-electron chi connectivity index (χ2n) is 4.18. The Balaban J connectivity index is 2.11. The summed E-state index contributed by atoms with van der Waals surface area (Å²) in [5.41, 5.74) is 1.02. The lowest BCUT2D eigenvalue weighted by molar-refractivity contribution is 0.102. The Morgan fingerprint density at radius 1 is 1.37 bits per heavy atom. The second-order valence-corrected chi connectivity index (χ2v) is 4.18. The van der Waals surface area contributed by atoms with E-state index in [4.69, 9.17) is 5.11 Å². The van der Waals surface area contributed by atoms with E-state index in [9.17, 15) is 9.90 Å². The summed E-state index contributed by atoms with van der Waals surface area (Å²) in [4.78, 5) is 11.9. The van der Waals surface area contributed by atoms with Crippen molar-refractivity contribution in [3.05, 3.63) is 35.5 Å². The highest BCUT2D eigenvalue weighted by Crippen LogP contribution is 2.23. The largest absolute Gasteiger partial charge is 0.508 e. The van der Waals surface area contributed by atoms with Crippen LogP contribution in [0.2, 0.25) is 0 Å². The minimum absolute atomic E-state index is 0.0813. The van der Waals surface area contributed by atoms with Gasteiger partial charge in [0.2, 0.25) is 0 Å². The van der Waals surface area contributed by atoms with Crippen molar-refractivity contribution < 1.29 is 15.0 Å². The van der Waals surface area contributed by atoms with Crippen molar-refractivity contribution in [1.29, 1.82) is 0 Å². The molecule has 0 aliphatic carbocycles. The van der Waals surface area contributed by atoms with Gasteiger partial charge in [-0.2, -0.15) is 5.10 Å². The van der Waals surface area contributed by atoms with Gasteiger partial charge in [-0.15, -0.1) is 0 Å². The molecule has 4 N–H and O–H groups in total. The molecule has 1 amide bonds. The summed E-state index contributed by atoms with van der Waals surface area (Å²) in [6.45, 7) is 2.05. The number of carbonyl (C=O) groups excluding carboxylic acids is 1. The van der Waals surface area contributed by atoms with E-state index < -0.39 is 5.91 Å². The minimum Gasteiger partial charge on any atom is -0.508 e. The molecular formula is C13H15N3O3. The molecule has 0 spiro atoms. The van der Waals surface area contributed by atoms with Gasteiger partial charge < -0.3 is 15.5 Å². The van der Waals surface area contributed by atoms with Gasteiger partial charge in [0.15, 0.2) is 5.82 Å². The molecule has 0 aliphatic heterocycles. The third-order valence-corrected chi connectivity index (χ3v) is 2.62. The normalized spacial score (nSPS) is 10.4. The fraction of sp³-hybridized carbons (Fsp3) is 0.231. The van der Waals surface area contributed by atoms with Crippen molar-refractivity contribution in [1.82, 2.24) is 10.2 Å². The van der Waals surface area contributed by atoms with Gasteiger partial charge in [-0.1, -0.05) is 13.3 Å². The van der Waals surface area contributed by atoms with Crippen LogP contribution in [0.25, 0.3) is 0 Å². The number of aromatic nitrogens is 2. The molecule has 2 rings (SSSR count). The lowest BCUT2D eigenvalue weighted by Gasteiger charge is -2.04. The predicted molar refractivity (Wildman–Crippen MR) is 70.3 cm³/mol. The lowest BCUT2D eigenvalue weighted by atomic mass is 10.2. The zero-order valence-electron chi connectivity index (χ0n) is 10.5. The van der Waals surface area contributed by atoms with E-state index in [-0.39, 0.29) is 17.1 Å². The highest BCUT2D eigenvalue weighted by molar-refractivity contribution is 6.05. The van der Waals surface area contributed by atoms with Crippen LogP contribution in [0.3, 0.4) is 0 Å². The van der Waals surface area contributed by atoms with Crippen LogP contribution in [0, 0.1) is 0 Å². The molecule has 0 unspecified atom stereocenters. The molecule has 1 heterocycles. The first-order chi connectivity index (χ1) is 9.10. The number of hydrogen-bond donors (Lipinski definition) is 4. The second kappa shape index (κ2) is 5.43. The van der Waals surface area contributed by atoms with E-state index in [0.29, 0.717) is 5.82 Å². The van der Waals surface area contributed by atoms with Gasteiger partial charge in [-0.3, -0.25) is 9.89 Å². The van der Waals surface area contributed by atoms with Crippen LogP contribution >= 0.6 is 0 Å². The zero-order chi connectivity index (χ0) is 13.8. The fourth-order valence-electron chi connectivity index (χ4n) is 1.72. The molecule has 0 bridgehead atoms. The Morgan fingerprint density at radius 2 is 2.16 bits per heavy atom. The van der Waals surface area contributed by atoms with Crippen molar-refractivity contribution in [2.24, 2.45) is 0 Å². The standard InChI is InChI=1S/C13H15N3O3/c1-2-3-8-6-12(16-15-8)14-13(19)10-5-4-9(17)7-11(10)18/h4-7,17-18H,2-3H2,1H3,(H2,14,15,16,19). The first-order valence-electron chi connectivity index (χ1n) is 5.97. The topological polar surface area (TPSA) is 98.2 Å². The number of nitrogens with one attached hydrogen (secondary N) is 2. The maximum Gasteiger partial charge on any atom is 0.260 e. The van der Waals surface area contributed by atoms with Crippen LogP contribution in [0.1, 0.15) is 29.4 Å². The maximum absolute atomic E-state index is 11.9. The predicted octanol–water partition coefficient (Wildman–Crippen LogP) is 2.03. The molecule has 1 aromatic carbocycles. The molecule has 1 aromatic heterocycles. The number of rotatable bonds is 4. The van der Waals surface area contributed by atoms with Crippen molar-refractivity contribution in [2.45, 2.75) is 19.8 Å². The highest BCUT2D eigenvalue weighted by Gasteiger charge is 2.13. The van der Waals surface area contributed by atoms with Crippen LogP contribution in [0.15, 0.2) is 24.3 Å². The summed E-state index contributed by atoms with van der Waals surface area (Å²) >= 11 is 0. The van der Waals surface area contributed by atoms with Crippen molar-refractivity contribution in [3.8, 4) is 11.5 Å². The quantitative estimate of drug-likeness (QED) is 0.676. The Morgan fingerprint density at radius 3 is 2.84 bits per heavy atom. The molecule has 19 heavy (non-hydrogen) atoms. The van der Waals surface area contributed by atoms with E-state index >= 15 is 0 Å². The van der Waals surface area contributed by atoms with E-state index in [1.807, 2.05) is 6.92 Å². The summed E-state index contributed by atoms with van der Waals surface area (Å²) in [6, 6.07) is 5.54. The van der Waals surface area contributed by atoms with Crippen molar-refractivity contribution in [3.63, 3.8) is 0 Å². The number of aromatic amines is 1. The number of aromatic hydroxyl groups is 2. The van der Waals surface area contributed by atoms with Gasteiger partial charge in [-0.05, 0) is 18.6 Å². The molecule has 0 fully saturated rings. The molecule has 0 atom stereocenters. The first kappa shape index (κ1) is 12.9. The van der Waals surface area contributed by atoms with E-state index in [1.54, 1.807) is 6.07 Å². The Bertz CT molecular complexity index is 593. The molecular weight excluding hydrogens is 246 g/mol.